The number of halogens is 1. The molecule has 0 aliphatic carbocycles. The van der Waals surface area contributed by atoms with Crippen molar-refractivity contribution in [2.24, 2.45) is 0 Å². The molecule has 0 radical (unpaired) electrons. The highest BCUT2D eigenvalue weighted by Gasteiger charge is 2.28. The fraction of sp³-hybridized carbons (Fsp3) is 0.0833. The number of nitrogens with zero attached hydrogens (tertiary/aromatic N) is 1. The van der Waals surface area contributed by atoms with Crippen LogP contribution in [-0.4, -0.2) is 20.8 Å². The van der Waals surface area contributed by atoms with Gasteiger partial charge in [0.05, 0.1) is 16.3 Å². The van der Waals surface area contributed by atoms with Gasteiger partial charge in [-0.1, -0.05) is 48.0 Å². The first-order chi connectivity index (χ1) is 16.1. The summed E-state index contributed by atoms with van der Waals surface area (Å²) >= 11 is 6.11. The molecule has 10 heteroatoms. The molecule has 0 saturated carbocycles. The first-order valence-electron chi connectivity index (χ1n) is 10.1. The minimum atomic E-state index is -4.19. The fourth-order valence-corrected chi connectivity index (χ4v) is 6.74. The average molecular weight is 517 g/mol. The van der Waals surface area contributed by atoms with Crippen LogP contribution in [0.15, 0.2) is 94.7 Å². The lowest BCUT2D eigenvalue weighted by Crippen LogP contribution is -2.18. The molecule has 34 heavy (non-hydrogen) atoms. The van der Waals surface area contributed by atoms with Gasteiger partial charge in [-0.3, -0.25) is 4.72 Å². The smallest absolute Gasteiger partial charge is 0.268 e. The Bertz CT molecular complexity index is 1550. The minimum Gasteiger partial charge on any atom is -0.455 e. The van der Waals surface area contributed by atoms with E-state index in [1.54, 1.807) is 54.6 Å². The second-order valence-electron chi connectivity index (χ2n) is 7.48. The van der Waals surface area contributed by atoms with Crippen LogP contribution in [0.3, 0.4) is 0 Å². The van der Waals surface area contributed by atoms with Gasteiger partial charge in [0, 0.05) is 10.7 Å². The van der Waals surface area contributed by atoms with E-state index in [2.05, 4.69) is 4.72 Å². The van der Waals surface area contributed by atoms with Crippen LogP contribution < -0.4 is 9.46 Å². The lowest BCUT2D eigenvalue weighted by molar-refractivity contribution is 0.485. The van der Waals surface area contributed by atoms with E-state index >= 15 is 0 Å². The van der Waals surface area contributed by atoms with Gasteiger partial charge >= 0.3 is 0 Å². The zero-order valence-corrected chi connectivity index (χ0v) is 20.7. The Morgan fingerprint density at radius 1 is 0.824 bits per heavy atom. The van der Waals surface area contributed by atoms with Gasteiger partial charge in [-0.15, -0.1) is 0 Å². The first-order valence-corrected chi connectivity index (χ1v) is 13.4. The van der Waals surface area contributed by atoms with Crippen molar-refractivity contribution in [3.8, 4) is 11.5 Å². The molecule has 0 spiro atoms. The Kier molecular flexibility index (Phi) is 6.44. The van der Waals surface area contributed by atoms with Crippen LogP contribution in [0.5, 0.6) is 11.5 Å². The van der Waals surface area contributed by atoms with Crippen LogP contribution in [0, 0.1) is 13.8 Å². The maximum atomic E-state index is 13.3. The Hall–Kier alpha value is -3.27. The molecule has 7 nitrogen and oxygen atoms in total. The van der Waals surface area contributed by atoms with E-state index in [0.717, 1.165) is 3.97 Å². The largest absolute Gasteiger partial charge is 0.455 e. The summed E-state index contributed by atoms with van der Waals surface area (Å²) in [5.74, 6) is 0.752. The molecule has 1 N–H and O–H groups in total. The Morgan fingerprint density at radius 3 is 2.09 bits per heavy atom. The van der Waals surface area contributed by atoms with E-state index in [9.17, 15) is 16.8 Å². The van der Waals surface area contributed by atoms with Crippen molar-refractivity contribution in [2.45, 2.75) is 23.6 Å². The van der Waals surface area contributed by atoms with Crippen molar-refractivity contribution in [3.05, 3.63) is 101 Å². The van der Waals surface area contributed by atoms with Gasteiger partial charge in [0.25, 0.3) is 20.0 Å². The van der Waals surface area contributed by atoms with Crippen LogP contribution in [0.25, 0.3) is 0 Å². The summed E-state index contributed by atoms with van der Waals surface area (Å²) in [7, 11) is -8.18. The average Bonchev–Trinajstić information content (AvgIpc) is 3.12. The molecule has 0 saturated heterocycles. The summed E-state index contributed by atoms with van der Waals surface area (Å²) in [6, 6.07) is 22.6. The normalized spacial score (nSPS) is 11.9. The summed E-state index contributed by atoms with van der Waals surface area (Å²) in [5.41, 5.74) is 0.432. The van der Waals surface area contributed by atoms with Crippen LogP contribution in [0.4, 0.5) is 5.69 Å². The fourth-order valence-electron chi connectivity index (χ4n) is 3.54. The van der Waals surface area contributed by atoms with Gasteiger partial charge in [0.15, 0.2) is 5.75 Å². The molecule has 1 heterocycles. The van der Waals surface area contributed by atoms with E-state index in [1.165, 1.54) is 38.1 Å². The Labute approximate surface area is 203 Å². The second-order valence-corrected chi connectivity index (χ2v) is 11.4. The lowest BCUT2D eigenvalue weighted by atomic mass is 10.3. The van der Waals surface area contributed by atoms with E-state index in [4.69, 9.17) is 16.3 Å². The number of sulfonamides is 1. The standard InChI is InChI=1S/C24H21ClN2O5S2/c1-17-15-24(18(2)27(17)34(30,31)21-11-7-4-8-12-21)33(28,29)26-22-16-19(25)13-14-23(22)32-20-9-5-3-6-10-20/h3-16,26H,1-2H3. The van der Waals surface area contributed by atoms with Crippen LogP contribution >= 0.6 is 11.6 Å². The highest BCUT2D eigenvalue weighted by Crippen LogP contribution is 2.34. The first kappa shape index (κ1) is 23.9. The van der Waals surface area contributed by atoms with Crippen molar-refractivity contribution >= 4 is 37.3 Å². The van der Waals surface area contributed by atoms with Gasteiger partial charge in [-0.05, 0) is 62.4 Å². The predicted molar refractivity (Wildman–Crippen MR) is 132 cm³/mol. The van der Waals surface area contributed by atoms with E-state index in [1.807, 2.05) is 6.07 Å². The zero-order valence-electron chi connectivity index (χ0n) is 18.3. The summed E-state index contributed by atoms with van der Waals surface area (Å²) < 4.78 is 62.4. The van der Waals surface area contributed by atoms with Crippen LogP contribution in [-0.2, 0) is 20.0 Å². The highest BCUT2D eigenvalue weighted by atomic mass is 35.5. The zero-order chi connectivity index (χ0) is 24.5. The summed E-state index contributed by atoms with van der Waals surface area (Å²) in [6.07, 6.45) is 0. The number of hydrogen-bond donors (Lipinski definition) is 1. The third-order valence-electron chi connectivity index (χ3n) is 5.05. The third-order valence-corrected chi connectivity index (χ3v) is 8.68. The molecule has 0 aliphatic heterocycles. The predicted octanol–water partition coefficient (Wildman–Crippen LogP) is 5.59. The van der Waals surface area contributed by atoms with Gasteiger partial charge < -0.3 is 4.74 Å². The number of para-hydroxylation sites is 1. The molecule has 0 aliphatic rings. The number of aryl methyl sites for hydroxylation is 1. The molecule has 3 aromatic carbocycles. The maximum Gasteiger partial charge on any atom is 0.268 e. The van der Waals surface area contributed by atoms with E-state index in [0.29, 0.717) is 10.8 Å². The van der Waals surface area contributed by atoms with Gasteiger partial charge in [-0.2, -0.15) is 0 Å². The SMILES string of the molecule is Cc1cc(S(=O)(=O)Nc2cc(Cl)ccc2Oc2ccccc2)c(C)n1S(=O)(=O)c1ccccc1. The van der Waals surface area contributed by atoms with Crippen molar-refractivity contribution in [2.75, 3.05) is 4.72 Å². The van der Waals surface area contributed by atoms with Crippen molar-refractivity contribution in [3.63, 3.8) is 0 Å². The Morgan fingerprint density at radius 2 is 1.44 bits per heavy atom. The molecule has 4 rings (SSSR count). The third kappa shape index (κ3) is 4.68. The van der Waals surface area contributed by atoms with Crippen molar-refractivity contribution < 1.29 is 21.6 Å². The number of ether oxygens (including phenoxy) is 1. The number of anilines is 1. The molecule has 176 valence electrons. The number of benzene rings is 3. The summed E-state index contributed by atoms with van der Waals surface area (Å²) in [4.78, 5) is -0.114. The maximum absolute atomic E-state index is 13.3. The molecule has 0 unspecified atom stereocenters. The van der Waals surface area contributed by atoms with E-state index < -0.39 is 20.0 Å². The van der Waals surface area contributed by atoms with E-state index in [-0.39, 0.29) is 32.6 Å². The molecule has 0 atom stereocenters. The second kappa shape index (κ2) is 9.17. The molecule has 0 fully saturated rings. The molecular formula is C24H21ClN2O5S2. The Balaban J connectivity index is 1.74. The van der Waals surface area contributed by atoms with Gasteiger partial charge in [0.2, 0.25) is 0 Å². The monoisotopic (exact) mass is 516 g/mol. The van der Waals surface area contributed by atoms with Crippen LogP contribution in [0.1, 0.15) is 11.4 Å². The van der Waals surface area contributed by atoms with Crippen LogP contribution in [0.2, 0.25) is 5.02 Å². The van der Waals surface area contributed by atoms with Gasteiger partial charge in [0.1, 0.15) is 10.6 Å². The number of hydrogen-bond acceptors (Lipinski definition) is 5. The number of aromatic nitrogens is 1. The quantitative estimate of drug-likeness (QED) is 0.345. The summed E-state index contributed by atoms with van der Waals surface area (Å²) in [5, 5.41) is 0.301. The minimum absolute atomic E-state index is 0.0569. The molecule has 1 aromatic heterocycles. The van der Waals surface area contributed by atoms with Crippen molar-refractivity contribution in [1.29, 1.82) is 0 Å². The molecule has 0 amide bonds. The van der Waals surface area contributed by atoms with Crippen molar-refractivity contribution in [1.82, 2.24) is 3.97 Å². The topological polar surface area (TPSA) is 94.5 Å². The molecule has 0 bridgehead atoms. The van der Waals surface area contributed by atoms with Gasteiger partial charge in [-0.25, -0.2) is 20.8 Å². The molecular weight excluding hydrogens is 496 g/mol. The highest BCUT2D eigenvalue weighted by molar-refractivity contribution is 7.93. The molecule has 4 aromatic rings. The lowest BCUT2D eigenvalue weighted by Gasteiger charge is -2.14. The summed E-state index contributed by atoms with van der Waals surface area (Å²) in [6.45, 7) is 2.98. The number of rotatable bonds is 7. The number of nitrogens with one attached hydrogen (secondary N) is 1.